The zero-order valence-electron chi connectivity index (χ0n) is 19.5. The molecule has 0 fully saturated rings. The molecule has 2 N–H and O–H groups in total. The Morgan fingerprint density at radius 1 is 0.912 bits per heavy atom. The van der Waals surface area contributed by atoms with E-state index in [0.29, 0.717) is 16.9 Å². The van der Waals surface area contributed by atoms with Crippen molar-refractivity contribution in [3.8, 4) is 0 Å². The third kappa shape index (κ3) is 6.35. The Hall–Kier alpha value is -3.85. The summed E-state index contributed by atoms with van der Waals surface area (Å²) in [7, 11) is -0.119. The van der Waals surface area contributed by atoms with Crippen LogP contribution in [0.4, 0.5) is 17.1 Å². The van der Waals surface area contributed by atoms with Crippen LogP contribution in [0.3, 0.4) is 0 Å². The normalized spacial score (nSPS) is 10.9. The van der Waals surface area contributed by atoms with E-state index in [1.54, 1.807) is 37.3 Å². The molecule has 0 atom stereocenters. The van der Waals surface area contributed by atoms with Gasteiger partial charge in [0.2, 0.25) is 0 Å². The summed E-state index contributed by atoms with van der Waals surface area (Å²) in [5.74, 6) is -1.31. The highest BCUT2D eigenvalue weighted by Crippen LogP contribution is 2.22. The van der Waals surface area contributed by atoms with Crippen molar-refractivity contribution in [2.45, 2.75) is 18.7 Å². The maximum Gasteiger partial charge on any atom is 0.338 e. The maximum absolute atomic E-state index is 12.9. The van der Waals surface area contributed by atoms with Gasteiger partial charge in [-0.2, -0.15) is 0 Å². The van der Waals surface area contributed by atoms with Crippen LogP contribution in [0, 0.1) is 13.8 Å². The Balaban J connectivity index is 1.66. The number of anilines is 3. The van der Waals surface area contributed by atoms with Crippen molar-refractivity contribution in [3.63, 3.8) is 0 Å². The summed E-state index contributed by atoms with van der Waals surface area (Å²) >= 11 is 0. The van der Waals surface area contributed by atoms with Gasteiger partial charge in [-0.15, -0.1) is 0 Å². The number of benzene rings is 3. The molecule has 3 rings (SSSR count). The van der Waals surface area contributed by atoms with Gasteiger partial charge in [0.1, 0.15) is 0 Å². The zero-order valence-corrected chi connectivity index (χ0v) is 20.3. The first kappa shape index (κ1) is 24.8. The standard InChI is InChI=1S/C25H27N3O5S/c1-17-6-5-7-21(14-17)27-34(31,32)23-15-19(9-8-18(23)2)25(30)33-16-24(29)26-20-10-12-22(13-11-20)28(3)4/h5-15,27H,16H2,1-4H3,(H,26,29). The minimum atomic E-state index is -3.94. The molecule has 0 aliphatic heterocycles. The molecule has 0 unspecified atom stereocenters. The number of ether oxygens (including phenoxy) is 1. The van der Waals surface area contributed by atoms with Gasteiger partial charge in [-0.1, -0.05) is 18.2 Å². The summed E-state index contributed by atoms with van der Waals surface area (Å²) < 4.78 is 33.4. The molecule has 0 aromatic heterocycles. The van der Waals surface area contributed by atoms with Crippen LogP contribution in [0.1, 0.15) is 21.5 Å². The highest BCUT2D eigenvalue weighted by Gasteiger charge is 2.20. The van der Waals surface area contributed by atoms with Gasteiger partial charge in [0.15, 0.2) is 6.61 Å². The number of carbonyl (C=O) groups excluding carboxylic acids is 2. The molecule has 0 spiro atoms. The fourth-order valence-corrected chi connectivity index (χ4v) is 4.51. The summed E-state index contributed by atoms with van der Waals surface area (Å²) in [4.78, 5) is 26.5. The Kier molecular flexibility index (Phi) is 7.57. The molecule has 0 aliphatic carbocycles. The molecule has 0 radical (unpaired) electrons. The summed E-state index contributed by atoms with van der Waals surface area (Å²) in [6.07, 6.45) is 0. The van der Waals surface area contributed by atoms with Crippen LogP contribution < -0.4 is 14.9 Å². The van der Waals surface area contributed by atoms with Gasteiger partial charge in [-0.05, 0) is 73.5 Å². The average Bonchev–Trinajstić information content (AvgIpc) is 2.77. The van der Waals surface area contributed by atoms with E-state index in [2.05, 4.69) is 10.0 Å². The molecule has 0 aliphatic rings. The lowest BCUT2D eigenvalue weighted by molar-refractivity contribution is -0.119. The maximum atomic E-state index is 12.9. The van der Waals surface area contributed by atoms with Crippen LogP contribution in [0.15, 0.2) is 71.6 Å². The van der Waals surface area contributed by atoms with E-state index in [0.717, 1.165) is 11.3 Å². The number of rotatable bonds is 8. The topological polar surface area (TPSA) is 105 Å². The lowest BCUT2D eigenvalue weighted by Gasteiger charge is -2.13. The lowest BCUT2D eigenvalue weighted by Crippen LogP contribution is -2.21. The van der Waals surface area contributed by atoms with Crippen molar-refractivity contribution in [2.75, 3.05) is 35.6 Å². The number of carbonyl (C=O) groups is 2. The van der Waals surface area contributed by atoms with Gasteiger partial charge in [0.25, 0.3) is 15.9 Å². The molecular formula is C25H27N3O5S. The highest BCUT2D eigenvalue weighted by molar-refractivity contribution is 7.92. The van der Waals surface area contributed by atoms with Gasteiger partial charge < -0.3 is 15.0 Å². The molecule has 1 amide bonds. The van der Waals surface area contributed by atoms with E-state index in [9.17, 15) is 18.0 Å². The Morgan fingerprint density at radius 3 is 2.26 bits per heavy atom. The molecule has 0 heterocycles. The molecule has 0 saturated carbocycles. The minimum Gasteiger partial charge on any atom is -0.452 e. The number of amides is 1. The van der Waals surface area contributed by atoms with Gasteiger partial charge in [-0.3, -0.25) is 9.52 Å². The second-order valence-corrected chi connectivity index (χ2v) is 9.67. The van der Waals surface area contributed by atoms with Crippen molar-refractivity contribution in [3.05, 3.63) is 83.4 Å². The van der Waals surface area contributed by atoms with Gasteiger partial charge in [0.05, 0.1) is 10.5 Å². The fourth-order valence-electron chi connectivity index (χ4n) is 3.19. The summed E-state index contributed by atoms with van der Waals surface area (Å²) in [5, 5.41) is 2.65. The van der Waals surface area contributed by atoms with Crippen LogP contribution in [0.5, 0.6) is 0 Å². The predicted molar refractivity (Wildman–Crippen MR) is 133 cm³/mol. The molecule has 0 bridgehead atoms. The predicted octanol–water partition coefficient (Wildman–Crippen LogP) is 3.97. The summed E-state index contributed by atoms with van der Waals surface area (Å²) in [5.41, 5.74) is 3.36. The fraction of sp³-hybridized carbons (Fsp3) is 0.200. The quantitative estimate of drug-likeness (QED) is 0.472. The molecule has 3 aromatic carbocycles. The van der Waals surface area contributed by atoms with Crippen molar-refractivity contribution in [1.29, 1.82) is 0 Å². The Morgan fingerprint density at radius 2 is 1.62 bits per heavy atom. The van der Waals surface area contributed by atoms with E-state index >= 15 is 0 Å². The van der Waals surface area contributed by atoms with E-state index in [4.69, 9.17) is 4.74 Å². The van der Waals surface area contributed by atoms with Crippen LogP contribution in [0.25, 0.3) is 0 Å². The Labute approximate surface area is 199 Å². The number of nitrogens with zero attached hydrogens (tertiary/aromatic N) is 1. The number of aryl methyl sites for hydroxylation is 2. The zero-order chi connectivity index (χ0) is 24.9. The number of nitrogens with one attached hydrogen (secondary N) is 2. The van der Waals surface area contributed by atoms with Gasteiger partial charge >= 0.3 is 5.97 Å². The highest BCUT2D eigenvalue weighted by atomic mass is 32.2. The number of esters is 1. The third-order valence-electron chi connectivity index (χ3n) is 4.99. The number of hydrogen-bond donors (Lipinski definition) is 2. The first-order valence-corrected chi connectivity index (χ1v) is 12.0. The molecular weight excluding hydrogens is 454 g/mol. The van der Waals surface area contributed by atoms with E-state index in [1.807, 2.05) is 44.1 Å². The molecule has 34 heavy (non-hydrogen) atoms. The van der Waals surface area contributed by atoms with Gasteiger partial charge in [-0.25, -0.2) is 13.2 Å². The number of hydrogen-bond acceptors (Lipinski definition) is 6. The smallest absolute Gasteiger partial charge is 0.338 e. The van der Waals surface area contributed by atoms with Crippen molar-refractivity contribution in [2.24, 2.45) is 0 Å². The minimum absolute atomic E-state index is 0.0263. The second-order valence-electron chi connectivity index (χ2n) is 8.02. The van der Waals surface area contributed by atoms with Crippen LogP contribution in [-0.4, -0.2) is 41.0 Å². The number of sulfonamides is 1. The van der Waals surface area contributed by atoms with E-state index in [-0.39, 0.29) is 10.5 Å². The monoisotopic (exact) mass is 481 g/mol. The molecule has 178 valence electrons. The van der Waals surface area contributed by atoms with Crippen LogP contribution >= 0.6 is 0 Å². The summed E-state index contributed by atoms with van der Waals surface area (Å²) in [6.45, 7) is 2.98. The van der Waals surface area contributed by atoms with Crippen LogP contribution in [-0.2, 0) is 19.6 Å². The van der Waals surface area contributed by atoms with E-state index < -0.39 is 28.5 Å². The molecule has 8 nitrogen and oxygen atoms in total. The van der Waals surface area contributed by atoms with Crippen LogP contribution in [0.2, 0.25) is 0 Å². The van der Waals surface area contributed by atoms with Crippen molar-refractivity contribution >= 4 is 39.0 Å². The second kappa shape index (κ2) is 10.4. The molecule has 3 aromatic rings. The lowest BCUT2D eigenvalue weighted by atomic mass is 10.1. The summed E-state index contributed by atoms with van der Waals surface area (Å²) in [6, 6.07) is 18.4. The molecule has 9 heteroatoms. The molecule has 0 saturated heterocycles. The third-order valence-corrected chi connectivity index (χ3v) is 6.51. The largest absolute Gasteiger partial charge is 0.452 e. The first-order chi connectivity index (χ1) is 16.0. The average molecular weight is 482 g/mol. The van der Waals surface area contributed by atoms with Gasteiger partial charge in [0, 0.05) is 31.2 Å². The Bertz CT molecular complexity index is 1300. The first-order valence-electron chi connectivity index (χ1n) is 10.5. The van der Waals surface area contributed by atoms with Crippen molar-refractivity contribution in [1.82, 2.24) is 0 Å². The van der Waals surface area contributed by atoms with Crippen molar-refractivity contribution < 1.29 is 22.7 Å². The van der Waals surface area contributed by atoms with E-state index in [1.165, 1.54) is 18.2 Å². The SMILES string of the molecule is Cc1cccc(NS(=O)(=O)c2cc(C(=O)OCC(=O)Nc3ccc(N(C)C)cc3)ccc2C)c1.